The molecule has 0 aromatic heterocycles. The van der Waals surface area contributed by atoms with E-state index in [1.807, 2.05) is 0 Å². The van der Waals surface area contributed by atoms with Crippen LogP contribution in [-0.2, 0) is 0 Å². The van der Waals surface area contributed by atoms with Gasteiger partial charge < -0.3 is 0 Å². The number of hydrogen-bond donors (Lipinski definition) is 0. The van der Waals surface area contributed by atoms with Crippen LogP contribution < -0.4 is 0 Å². The van der Waals surface area contributed by atoms with E-state index in [2.05, 4.69) is 13.5 Å². The van der Waals surface area contributed by atoms with Crippen LogP contribution in [0.3, 0.4) is 0 Å². The van der Waals surface area contributed by atoms with Gasteiger partial charge in [0.05, 0.1) is 15.1 Å². The highest BCUT2D eigenvalue weighted by Gasteiger charge is 2.08. The predicted molar refractivity (Wildman–Crippen MR) is 59.8 cm³/mol. The minimum Gasteiger partial charge on any atom is -0.102 e. The van der Waals surface area contributed by atoms with E-state index in [-0.39, 0.29) is 5.92 Å². The van der Waals surface area contributed by atoms with Gasteiger partial charge in [0.2, 0.25) is 0 Å². The number of hydrogen-bond acceptors (Lipinski definition) is 0. The van der Waals surface area contributed by atoms with E-state index >= 15 is 0 Å². The van der Waals surface area contributed by atoms with Crippen LogP contribution in [0.5, 0.6) is 0 Å². The first kappa shape index (κ1) is 10.9. The number of halogens is 3. The SMILES string of the molecule is [CH2]C(C=C)c1cc(Cl)c(Cl)c(Cl)c1. The lowest BCUT2D eigenvalue weighted by Gasteiger charge is -2.08. The van der Waals surface area contributed by atoms with Gasteiger partial charge in [-0.05, 0) is 24.6 Å². The third kappa shape index (κ3) is 2.40. The second-order valence-electron chi connectivity index (χ2n) is 2.64. The van der Waals surface area contributed by atoms with E-state index in [9.17, 15) is 0 Å². The third-order valence-corrected chi connectivity index (χ3v) is 2.92. The van der Waals surface area contributed by atoms with E-state index in [1.54, 1.807) is 18.2 Å². The van der Waals surface area contributed by atoms with Crippen LogP contribution in [-0.4, -0.2) is 0 Å². The average Bonchev–Trinajstić information content (AvgIpc) is 2.12. The highest BCUT2D eigenvalue weighted by molar-refractivity contribution is 6.48. The molecule has 0 saturated carbocycles. The Kier molecular flexibility index (Phi) is 3.66. The number of allylic oxidation sites excluding steroid dienone is 1. The maximum atomic E-state index is 5.84. The first-order valence-electron chi connectivity index (χ1n) is 3.66. The summed E-state index contributed by atoms with van der Waals surface area (Å²) in [5, 5.41) is 1.27. The molecule has 0 fully saturated rings. The van der Waals surface area contributed by atoms with Crippen LogP contribution in [0, 0.1) is 6.92 Å². The average molecular weight is 235 g/mol. The van der Waals surface area contributed by atoms with Crippen molar-refractivity contribution < 1.29 is 0 Å². The minimum absolute atomic E-state index is 0.0210. The molecule has 0 amide bonds. The van der Waals surface area contributed by atoms with Gasteiger partial charge in [-0.3, -0.25) is 0 Å². The van der Waals surface area contributed by atoms with Crippen molar-refractivity contribution in [3.8, 4) is 0 Å². The summed E-state index contributed by atoms with van der Waals surface area (Å²) in [6.07, 6.45) is 1.72. The Hall–Kier alpha value is -0.170. The van der Waals surface area contributed by atoms with Crippen LogP contribution in [0.4, 0.5) is 0 Å². The van der Waals surface area contributed by atoms with Gasteiger partial charge in [0, 0.05) is 5.92 Å². The lowest BCUT2D eigenvalue weighted by atomic mass is 10.0. The Morgan fingerprint density at radius 1 is 1.15 bits per heavy atom. The minimum atomic E-state index is -0.0210. The summed E-state index contributed by atoms with van der Waals surface area (Å²) in [6.45, 7) is 7.50. The third-order valence-electron chi connectivity index (χ3n) is 1.72. The Bertz CT molecular complexity index is 308. The maximum Gasteiger partial charge on any atom is 0.0778 e. The summed E-state index contributed by atoms with van der Waals surface area (Å²) < 4.78 is 0. The van der Waals surface area contributed by atoms with Crippen LogP contribution >= 0.6 is 34.8 Å². The topological polar surface area (TPSA) is 0 Å². The van der Waals surface area contributed by atoms with Gasteiger partial charge in [0.15, 0.2) is 0 Å². The van der Waals surface area contributed by atoms with Gasteiger partial charge in [-0.15, -0.1) is 6.58 Å². The van der Waals surface area contributed by atoms with Crippen molar-refractivity contribution >= 4 is 34.8 Å². The summed E-state index contributed by atoms with van der Waals surface area (Å²) in [6, 6.07) is 3.49. The van der Waals surface area contributed by atoms with Gasteiger partial charge in [-0.2, -0.15) is 0 Å². The van der Waals surface area contributed by atoms with E-state index in [4.69, 9.17) is 34.8 Å². The fraction of sp³-hybridized carbons (Fsp3) is 0.100. The molecule has 1 radical (unpaired) electrons. The van der Waals surface area contributed by atoms with Crippen LogP contribution in [0.25, 0.3) is 0 Å². The van der Waals surface area contributed by atoms with E-state index in [0.717, 1.165) is 5.56 Å². The molecule has 0 aliphatic rings. The van der Waals surface area contributed by atoms with Crippen molar-refractivity contribution in [2.24, 2.45) is 0 Å². The molecule has 0 heterocycles. The molecule has 0 spiro atoms. The molecular weight excluding hydrogens is 226 g/mol. The fourth-order valence-electron chi connectivity index (χ4n) is 0.925. The van der Waals surface area contributed by atoms with Crippen molar-refractivity contribution in [1.29, 1.82) is 0 Å². The van der Waals surface area contributed by atoms with Gasteiger partial charge in [0.25, 0.3) is 0 Å². The normalized spacial score (nSPS) is 12.6. The monoisotopic (exact) mass is 233 g/mol. The van der Waals surface area contributed by atoms with Gasteiger partial charge >= 0.3 is 0 Å². The summed E-state index contributed by atoms with van der Waals surface area (Å²) >= 11 is 17.5. The highest BCUT2D eigenvalue weighted by Crippen LogP contribution is 2.33. The van der Waals surface area contributed by atoms with Crippen LogP contribution in [0.1, 0.15) is 11.5 Å². The second kappa shape index (κ2) is 4.36. The zero-order chi connectivity index (χ0) is 10.0. The van der Waals surface area contributed by atoms with Gasteiger partial charge in [0.1, 0.15) is 0 Å². The summed E-state index contributed by atoms with van der Waals surface area (Å²) in [5.41, 5.74) is 0.911. The molecule has 1 aromatic rings. The first-order chi connectivity index (χ1) is 6.06. The molecule has 0 nitrogen and oxygen atoms in total. The second-order valence-corrected chi connectivity index (χ2v) is 3.83. The Morgan fingerprint density at radius 3 is 2.00 bits per heavy atom. The van der Waals surface area contributed by atoms with Crippen molar-refractivity contribution in [3.05, 3.63) is 52.3 Å². The summed E-state index contributed by atoms with van der Waals surface area (Å²) in [5.74, 6) is -0.0210. The van der Waals surface area contributed by atoms with Crippen molar-refractivity contribution in [2.75, 3.05) is 0 Å². The lowest BCUT2D eigenvalue weighted by Crippen LogP contribution is -1.89. The largest absolute Gasteiger partial charge is 0.102 e. The van der Waals surface area contributed by atoms with E-state index < -0.39 is 0 Å². The molecule has 1 rings (SSSR count). The zero-order valence-electron chi connectivity index (χ0n) is 6.86. The molecule has 0 bridgehead atoms. The lowest BCUT2D eigenvalue weighted by molar-refractivity contribution is 1.09. The predicted octanol–water partition coefficient (Wildman–Crippen LogP) is 4.75. The molecule has 1 aromatic carbocycles. The summed E-state index contributed by atoms with van der Waals surface area (Å²) in [7, 11) is 0. The molecule has 0 aliphatic carbocycles. The molecular formula is C10H8Cl3. The molecule has 1 atom stereocenters. The molecule has 0 N–H and O–H groups in total. The molecule has 69 valence electrons. The maximum absolute atomic E-state index is 5.84. The molecule has 1 unspecified atom stereocenters. The Balaban J connectivity index is 3.20. The Labute approximate surface area is 93.1 Å². The van der Waals surface area contributed by atoms with Crippen molar-refractivity contribution in [3.63, 3.8) is 0 Å². The van der Waals surface area contributed by atoms with E-state index in [0.29, 0.717) is 15.1 Å². The molecule has 13 heavy (non-hydrogen) atoms. The van der Waals surface area contributed by atoms with Gasteiger partial charge in [-0.1, -0.05) is 40.9 Å². The fourth-order valence-corrected chi connectivity index (χ4v) is 1.54. The zero-order valence-corrected chi connectivity index (χ0v) is 9.13. The van der Waals surface area contributed by atoms with Crippen molar-refractivity contribution in [1.82, 2.24) is 0 Å². The molecule has 3 heteroatoms. The van der Waals surface area contributed by atoms with Crippen LogP contribution in [0.15, 0.2) is 24.8 Å². The standard InChI is InChI=1S/C10H8Cl3/c1-3-6(2)7-4-8(11)10(13)9(12)5-7/h3-6H,1-2H2. The van der Waals surface area contributed by atoms with Crippen LogP contribution in [0.2, 0.25) is 15.1 Å². The van der Waals surface area contributed by atoms with Gasteiger partial charge in [-0.25, -0.2) is 0 Å². The van der Waals surface area contributed by atoms with Crippen molar-refractivity contribution in [2.45, 2.75) is 5.92 Å². The summed E-state index contributed by atoms with van der Waals surface area (Å²) in [4.78, 5) is 0. The molecule has 0 saturated heterocycles. The quantitative estimate of drug-likeness (QED) is 0.512. The molecule has 0 aliphatic heterocycles. The number of benzene rings is 1. The number of rotatable bonds is 2. The highest BCUT2D eigenvalue weighted by atomic mass is 35.5. The Morgan fingerprint density at radius 2 is 1.62 bits per heavy atom. The smallest absolute Gasteiger partial charge is 0.0778 e. The van der Waals surface area contributed by atoms with E-state index in [1.165, 1.54) is 0 Å². The first-order valence-corrected chi connectivity index (χ1v) is 4.79.